The van der Waals surface area contributed by atoms with Crippen LogP contribution in [0.25, 0.3) is 0 Å². The molecular weight excluding hydrogens is 362 g/mol. The molecule has 29 heavy (non-hydrogen) atoms. The van der Waals surface area contributed by atoms with Gasteiger partial charge in [-0.15, -0.1) is 0 Å². The molecule has 0 saturated carbocycles. The van der Waals surface area contributed by atoms with Crippen molar-refractivity contribution in [3.63, 3.8) is 0 Å². The fourth-order valence-corrected chi connectivity index (χ4v) is 4.75. The molecular formula is C23H29N5O. The molecule has 0 spiro atoms. The van der Waals surface area contributed by atoms with Crippen molar-refractivity contribution in [2.45, 2.75) is 44.6 Å². The summed E-state index contributed by atoms with van der Waals surface area (Å²) in [4.78, 5) is 26.8. The number of nitrogens with one attached hydrogen (secondary N) is 1. The molecule has 2 fully saturated rings. The van der Waals surface area contributed by atoms with E-state index in [1.54, 1.807) is 0 Å². The summed E-state index contributed by atoms with van der Waals surface area (Å²) in [6.07, 6.45) is 7.72. The van der Waals surface area contributed by atoms with Crippen LogP contribution in [0.5, 0.6) is 0 Å². The van der Waals surface area contributed by atoms with Crippen LogP contribution in [0.15, 0.2) is 30.5 Å². The number of anilines is 1. The summed E-state index contributed by atoms with van der Waals surface area (Å²) in [5.74, 6) is 1.27. The molecule has 0 bridgehead atoms. The number of rotatable bonds is 3. The Bertz CT molecular complexity index is 875. The Labute approximate surface area is 172 Å². The maximum Gasteiger partial charge on any atom is 0.253 e. The Morgan fingerprint density at radius 3 is 2.72 bits per heavy atom. The normalized spacial score (nSPS) is 21.9. The highest BCUT2D eigenvalue weighted by atomic mass is 16.2. The van der Waals surface area contributed by atoms with Crippen molar-refractivity contribution < 1.29 is 4.79 Å². The van der Waals surface area contributed by atoms with Gasteiger partial charge in [-0.05, 0) is 49.9 Å². The number of hydrogen-bond acceptors (Lipinski definition) is 5. The molecule has 1 aromatic carbocycles. The van der Waals surface area contributed by atoms with E-state index in [0.717, 1.165) is 57.0 Å². The number of amides is 1. The summed E-state index contributed by atoms with van der Waals surface area (Å²) in [6, 6.07) is 8.18. The van der Waals surface area contributed by atoms with E-state index in [4.69, 9.17) is 4.98 Å². The third kappa shape index (κ3) is 3.86. The van der Waals surface area contributed by atoms with Crippen LogP contribution in [0.4, 0.5) is 5.69 Å². The molecule has 6 heteroatoms. The Morgan fingerprint density at radius 2 is 1.90 bits per heavy atom. The van der Waals surface area contributed by atoms with E-state index in [9.17, 15) is 4.79 Å². The van der Waals surface area contributed by atoms with E-state index in [1.807, 2.05) is 23.2 Å². The van der Waals surface area contributed by atoms with Crippen LogP contribution in [0, 0.1) is 0 Å². The average Bonchev–Trinajstić information content (AvgIpc) is 3.29. The molecule has 1 N–H and O–H groups in total. The summed E-state index contributed by atoms with van der Waals surface area (Å²) in [5.41, 5.74) is 4.40. The first-order chi connectivity index (χ1) is 14.3. The van der Waals surface area contributed by atoms with Crippen molar-refractivity contribution in [2.75, 3.05) is 37.6 Å². The molecule has 1 atom stereocenters. The third-order valence-corrected chi connectivity index (χ3v) is 6.50. The summed E-state index contributed by atoms with van der Waals surface area (Å²) in [7, 11) is 0. The molecule has 1 aromatic heterocycles. The van der Waals surface area contributed by atoms with Crippen LogP contribution in [0.3, 0.4) is 0 Å². The van der Waals surface area contributed by atoms with Crippen LogP contribution in [0.2, 0.25) is 0 Å². The lowest BCUT2D eigenvalue weighted by Crippen LogP contribution is -2.30. The second-order valence-electron chi connectivity index (χ2n) is 8.46. The first kappa shape index (κ1) is 18.6. The minimum Gasteiger partial charge on any atom is -0.372 e. The van der Waals surface area contributed by atoms with Gasteiger partial charge in [0.2, 0.25) is 0 Å². The topological polar surface area (TPSA) is 61.4 Å². The summed E-state index contributed by atoms with van der Waals surface area (Å²) >= 11 is 0. The summed E-state index contributed by atoms with van der Waals surface area (Å²) in [6.45, 7) is 5.57. The zero-order valence-corrected chi connectivity index (χ0v) is 16.9. The highest BCUT2D eigenvalue weighted by Gasteiger charge is 2.30. The Hall–Kier alpha value is -2.47. The molecule has 0 aliphatic carbocycles. The zero-order chi connectivity index (χ0) is 19.6. The van der Waals surface area contributed by atoms with Crippen molar-refractivity contribution in [3.8, 4) is 0 Å². The molecule has 3 aliphatic rings. The Morgan fingerprint density at radius 1 is 1.07 bits per heavy atom. The molecule has 152 valence electrons. The molecule has 3 aliphatic heterocycles. The van der Waals surface area contributed by atoms with E-state index in [1.165, 1.54) is 36.2 Å². The lowest BCUT2D eigenvalue weighted by Gasteiger charge is -2.29. The maximum absolute atomic E-state index is 13.0. The highest BCUT2D eigenvalue weighted by molar-refractivity contribution is 5.94. The van der Waals surface area contributed by atoms with E-state index < -0.39 is 0 Å². The van der Waals surface area contributed by atoms with Crippen LogP contribution in [-0.4, -0.2) is 53.5 Å². The van der Waals surface area contributed by atoms with Gasteiger partial charge in [0.1, 0.15) is 5.82 Å². The molecule has 5 rings (SSSR count). The van der Waals surface area contributed by atoms with Gasteiger partial charge in [-0.3, -0.25) is 4.79 Å². The maximum atomic E-state index is 13.0. The van der Waals surface area contributed by atoms with Crippen LogP contribution >= 0.6 is 0 Å². The van der Waals surface area contributed by atoms with Crippen molar-refractivity contribution in [3.05, 3.63) is 53.1 Å². The number of benzene rings is 1. The Kier molecular flexibility index (Phi) is 5.19. The van der Waals surface area contributed by atoms with Gasteiger partial charge in [0, 0.05) is 80.3 Å². The lowest BCUT2D eigenvalue weighted by atomic mass is 10.1. The largest absolute Gasteiger partial charge is 0.372 e. The fourth-order valence-electron chi connectivity index (χ4n) is 4.75. The highest BCUT2D eigenvalue weighted by Crippen LogP contribution is 2.27. The van der Waals surface area contributed by atoms with E-state index in [-0.39, 0.29) is 11.8 Å². The SMILES string of the molecule is O=C(c1ccc(N2CCCCC2)cc1)N1CCC(c2ncc3c(n2)CCNC3)C1. The van der Waals surface area contributed by atoms with Gasteiger partial charge in [0.05, 0.1) is 0 Å². The first-order valence-corrected chi connectivity index (χ1v) is 11.0. The van der Waals surface area contributed by atoms with E-state index >= 15 is 0 Å². The quantitative estimate of drug-likeness (QED) is 0.872. The first-order valence-electron chi connectivity index (χ1n) is 11.0. The standard InChI is InChI=1S/C23H29N5O/c29-23(17-4-6-20(7-5-17)27-11-2-1-3-12-27)28-13-9-18(16-28)22-25-15-19-14-24-10-8-21(19)26-22/h4-7,15,18,24H,1-3,8-14,16H2. The number of piperidine rings is 1. The minimum absolute atomic E-state index is 0.125. The summed E-state index contributed by atoms with van der Waals surface area (Å²) in [5, 5.41) is 3.36. The number of hydrogen-bond donors (Lipinski definition) is 1. The van der Waals surface area contributed by atoms with Gasteiger partial charge in [-0.2, -0.15) is 0 Å². The molecule has 2 aromatic rings. The van der Waals surface area contributed by atoms with Gasteiger partial charge in [0.25, 0.3) is 5.91 Å². The zero-order valence-electron chi connectivity index (χ0n) is 16.9. The number of carbonyl (C=O) groups excluding carboxylic acids is 1. The van der Waals surface area contributed by atoms with Crippen molar-refractivity contribution >= 4 is 11.6 Å². The van der Waals surface area contributed by atoms with Crippen LogP contribution < -0.4 is 10.2 Å². The van der Waals surface area contributed by atoms with Gasteiger partial charge in [0.15, 0.2) is 0 Å². The monoisotopic (exact) mass is 391 g/mol. The van der Waals surface area contributed by atoms with Gasteiger partial charge in [-0.25, -0.2) is 9.97 Å². The molecule has 1 amide bonds. The smallest absolute Gasteiger partial charge is 0.253 e. The Balaban J connectivity index is 1.24. The number of fused-ring (bicyclic) bond motifs is 1. The van der Waals surface area contributed by atoms with Gasteiger partial charge < -0.3 is 15.1 Å². The lowest BCUT2D eigenvalue weighted by molar-refractivity contribution is 0.0790. The number of likely N-dealkylation sites (tertiary alicyclic amines) is 1. The summed E-state index contributed by atoms with van der Waals surface area (Å²) < 4.78 is 0. The third-order valence-electron chi connectivity index (χ3n) is 6.50. The molecule has 1 unspecified atom stereocenters. The average molecular weight is 392 g/mol. The number of carbonyl (C=O) groups is 1. The fraction of sp³-hybridized carbons (Fsp3) is 0.522. The van der Waals surface area contributed by atoms with E-state index in [0.29, 0.717) is 6.54 Å². The molecule has 2 saturated heterocycles. The molecule has 0 radical (unpaired) electrons. The van der Waals surface area contributed by atoms with Crippen LogP contribution in [-0.2, 0) is 13.0 Å². The number of nitrogens with zero attached hydrogens (tertiary/aromatic N) is 4. The van der Waals surface area contributed by atoms with Crippen molar-refractivity contribution in [2.24, 2.45) is 0 Å². The van der Waals surface area contributed by atoms with Gasteiger partial charge >= 0.3 is 0 Å². The van der Waals surface area contributed by atoms with E-state index in [2.05, 4.69) is 27.3 Å². The second-order valence-corrected chi connectivity index (χ2v) is 8.46. The second kappa shape index (κ2) is 8.11. The van der Waals surface area contributed by atoms with Gasteiger partial charge in [-0.1, -0.05) is 0 Å². The predicted octanol–water partition coefficient (Wildman–Crippen LogP) is 2.74. The predicted molar refractivity (Wildman–Crippen MR) is 113 cm³/mol. The minimum atomic E-state index is 0.125. The molecule has 6 nitrogen and oxygen atoms in total. The van der Waals surface area contributed by atoms with Crippen molar-refractivity contribution in [1.29, 1.82) is 0 Å². The van der Waals surface area contributed by atoms with Crippen LogP contribution in [0.1, 0.15) is 59.0 Å². The number of aromatic nitrogens is 2. The van der Waals surface area contributed by atoms with Crippen molar-refractivity contribution in [1.82, 2.24) is 20.2 Å². The molecule has 4 heterocycles.